The third-order valence-corrected chi connectivity index (χ3v) is 8.48. The number of methoxy groups -OCH3 is 2. The lowest BCUT2D eigenvalue weighted by Gasteiger charge is -2.38. The zero-order valence-electron chi connectivity index (χ0n) is 20.3. The summed E-state index contributed by atoms with van der Waals surface area (Å²) in [7, 11) is -0.450. The summed E-state index contributed by atoms with van der Waals surface area (Å²) in [6.07, 6.45) is 5.26. The van der Waals surface area contributed by atoms with Crippen molar-refractivity contribution in [1.82, 2.24) is 0 Å². The average molecular weight is 491 g/mol. The van der Waals surface area contributed by atoms with Crippen molar-refractivity contribution >= 4 is 21.4 Å². The molecule has 0 spiro atoms. The Labute approximate surface area is 207 Å². The molecule has 0 saturated heterocycles. The molecular formula is C28H30N2O4S. The second-order valence-corrected chi connectivity index (χ2v) is 10.9. The first-order valence-corrected chi connectivity index (χ1v) is 13.2. The molecule has 2 aliphatic rings. The van der Waals surface area contributed by atoms with E-state index in [1.54, 1.807) is 20.3 Å². The highest BCUT2D eigenvalue weighted by atomic mass is 32.2. The molecule has 1 aliphatic carbocycles. The molecular weight excluding hydrogens is 460 g/mol. The van der Waals surface area contributed by atoms with Gasteiger partial charge in [0.1, 0.15) is 0 Å². The van der Waals surface area contributed by atoms with E-state index in [9.17, 15) is 8.42 Å². The van der Waals surface area contributed by atoms with Crippen LogP contribution in [0, 0.1) is 19.8 Å². The predicted molar refractivity (Wildman–Crippen MR) is 139 cm³/mol. The Balaban J connectivity index is 1.53. The molecule has 6 nitrogen and oxygen atoms in total. The van der Waals surface area contributed by atoms with E-state index in [4.69, 9.17) is 9.47 Å². The van der Waals surface area contributed by atoms with Gasteiger partial charge in [-0.25, -0.2) is 8.42 Å². The molecule has 1 aliphatic heterocycles. The largest absolute Gasteiger partial charge is 0.493 e. The third kappa shape index (κ3) is 4.04. The van der Waals surface area contributed by atoms with Crippen LogP contribution in [0.5, 0.6) is 11.5 Å². The summed E-state index contributed by atoms with van der Waals surface area (Å²) in [6.45, 7) is 3.81. The lowest BCUT2D eigenvalue weighted by atomic mass is 9.77. The molecule has 182 valence electrons. The maximum Gasteiger partial charge on any atom is 0.261 e. The third-order valence-electron chi connectivity index (χ3n) is 7.13. The summed E-state index contributed by atoms with van der Waals surface area (Å²) in [6, 6.07) is 17.0. The summed E-state index contributed by atoms with van der Waals surface area (Å²) >= 11 is 0. The van der Waals surface area contributed by atoms with Gasteiger partial charge in [0.05, 0.1) is 30.8 Å². The molecule has 0 fully saturated rings. The number of fused-ring (bicyclic) bond motifs is 3. The second kappa shape index (κ2) is 8.96. The first-order chi connectivity index (χ1) is 16.8. The normalized spacial score (nSPS) is 20.5. The molecule has 3 aromatic rings. The Morgan fingerprint density at radius 3 is 2.40 bits per heavy atom. The number of anilines is 2. The maximum atomic E-state index is 13.3. The Hall–Kier alpha value is -3.45. The van der Waals surface area contributed by atoms with Crippen LogP contribution in [-0.2, 0) is 10.0 Å². The van der Waals surface area contributed by atoms with Gasteiger partial charge >= 0.3 is 0 Å². The van der Waals surface area contributed by atoms with Crippen LogP contribution in [0.3, 0.4) is 0 Å². The molecule has 35 heavy (non-hydrogen) atoms. The van der Waals surface area contributed by atoms with Crippen LogP contribution in [0.4, 0.5) is 11.4 Å². The summed E-state index contributed by atoms with van der Waals surface area (Å²) in [4.78, 5) is 0.261. The quantitative estimate of drug-likeness (QED) is 0.418. The molecule has 1 heterocycles. The molecule has 0 saturated carbocycles. The van der Waals surface area contributed by atoms with E-state index < -0.39 is 10.0 Å². The molecule has 0 unspecified atom stereocenters. The van der Waals surface area contributed by atoms with Crippen molar-refractivity contribution in [2.75, 3.05) is 24.3 Å². The van der Waals surface area contributed by atoms with Crippen molar-refractivity contribution in [3.8, 4) is 11.5 Å². The highest BCUT2D eigenvalue weighted by Crippen LogP contribution is 2.52. The molecule has 3 atom stereocenters. The van der Waals surface area contributed by atoms with E-state index in [1.807, 2.05) is 56.3 Å². The fraction of sp³-hybridized carbons (Fsp3) is 0.286. The van der Waals surface area contributed by atoms with Crippen molar-refractivity contribution in [3.63, 3.8) is 0 Å². The lowest BCUT2D eigenvalue weighted by Crippen LogP contribution is -2.29. The van der Waals surface area contributed by atoms with Gasteiger partial charge in [-0.05, 0) is 67.1 Å². The average Bonchev–Trinajstić information content (AvgIpc) is 3.35. The van der Waals surface area contributed by atoms with Gasteiger partial charge in [-0.2, -0.15) is 0 Å². The summed E-state index contributed by atoms with van der Waals surface area (Å²) in [5, 5.41) is 3.67. The molecule has 0 bridgehead atoms. The number of allylic oxidation sites excluding steroid dienone is 2. The summed E-state index contributed by atoms with van der Waals surface area (Å²) in [5.41, 5.74) is 5.37. The number of ether oxygens (including phenoxy) is 2. The Kier molecular flexibility index (Phi) is 5.97. The number of hydrogen-bond donors (Lipinski definition) is 2. The van der Waals surface area contributed by atoms with Crippen LogP contribution in [0.1, 0.15) is 40.6 Å². The molecule has 0 amide bonds. The van der Waals surface area contributed by atoms with E-state index in [2.05, 4.69) is 28.3 Å². The first-order valence-electron chi connectivity index (χ1n) is 11.7. The number of hydrogen-bond acceptors (Lipinski definition) is 5. The zero-order valence-corrected chi connectivity index (χ0v) is 21.1. The molecule has 0 aromatic heterocycles. The van der Waals surface area contributed by atoms with E-state index in [1.165, 1.54) is 0 Å². The monoisotopic (exact) mass is 490 g/mol. The fourth-order valence-electron chi connectivity index (χ4n) is 5.37. The number of para-hydroxylation sites is 2. The van der Waals surface area contributed by atoms with E-state index >= 15 is 0 Å². The van der Waals surface area contributed by atoms with Crippen LogP contribution in [0.25, 0.3) is 0 Å². The van der Waals surface area contributed by atoms with Gasteiger partial charge in [-0.15, -0.1) is 0 Å². The highest BCUT2D eigenvalue weighted by Gasteiger charge is 2.40. The minimum absolute atomic E-state index is 0.00255. The Morgan fingerprint density at radius 2 is 1.69 bits per heavy atom. The smallest absolute Gasteiger partial charge is 0.261 e. The standard InChI is InChI=1S/C28H30N2O4S/c1-17-8-5-9-18(2)26(17)30-35(31,32)19-14-15-24-23(16-19)20-10-6-11-21(20)27(29-24)22-12-7-13-25(33-3)28(22)34-4/h5-10,12-16,20-21,27,29-30H,11H2,1-4H3/t20-,21-,27+/m0/s1. The van der Waals surface area contributed by atoms with Crippen LogP contribution in [-0.4, -0.2) is 22.6 Å². The number of benzene rings is 3. The van der Waals surface area contributed by atoms with Gasteiger partial charge < -0.3 is 14.8 Å². The Bertz CT molecular complexity index is 1390. The van der Waals surface area contributed by atoms with Crippen molar-refractivity contribution in [2.45, 2.75) is 37.1 Å². The zero-order chi connectivity index (χ0) is 24.7. The highest BCUT2D eigenvalue weighted by molar-refractivity contribution is 7.92. The predicted octanol–water partition coefficient (Wildman–Crippen LogP) is 5.95. The maximum absolute atomic E-state index is 13.3. The van der Waals surface area contributed by atoms with E-state index in [0.29, 0.717) is 11.4 Å². The van der Waals surface area contributed by atoms with Gasteiger partial charge in [0, 0.05) is 17.2 Å². The molecule has 2 N–H and O–H groups in total. The van der Waals surface area contributed by atoms with Gasteiger partial charge in [0.2, 0.25) is 0 Å². The van der Waals surface area contributed by atoms with Crippen LogP contribution < -0.4 is 19.5 Å². The first kappa shape index (κ1) is 23.3. The van der Waals surface area contributed by atoms with Crippen molar-refractivity contribution in [1.29, 1.82) is 0 Å². The van der Waals surface area contributed by atoms with Crippen molar-refractivity contribution < 1.29 is 17.9 Å². The van der Waals surface area contributed by atoms with Gasteiger partial charge in [0.15, 0.2) is 11.5 Å². The van der Waals surface area contributed by atoms with E-state index in [-0.39, 0.29) is 22.8 Å². The Morgan fingerprint density at radius 1 is 0.943 bits per heavy atom. The van der Waals surface area contributed by atoms with Crippen LogP contribution in [0.2, 0.25) is 0 Å². The number of nitrogens with one attached hydrogen (secondary N) is 2. The van der Waals surface area contributed by atoms with Gasteiger partial charge in [0.25, 0.3) is 10.0 Å². The summed E-state index contributed by atoms with van der Waals surface area (Å²) < 4.78 is 40.7. The lowest BCUT2D eigenvalue weighted by molar-refractivity contribution is 0.341. The molecule has 5 rings (SSSR count). The van der Waals surface area contributed by atoms with Gasteiger partial charge in [-0.1, -0.05) is 42.5 Å². The van der Waals surface area contributed by atoms with Crippen LogP contribution in [0.15, 0.2) is 71.6 Å². The fourth-order valence-corrected chi connectivity index (χ4v) is 6.61. The molecule has 0 radical (unpaired) electrons. The number of rotatable bonds is 6. The molecule has 7 heteroatoms. The number of aryl methyl sites for hydroxylation is 2. The van der Waals surface area contributed by atoms with Crippen molar-refractivity contribution in [2.24, 2.45) is 5.92 Å². The number of sulfonamides is 1. The van der Waals surface area contributed by atoms with E-state index in [0.717, 1.165) is 40.1 Å². The van der Waals surface area contributed by atoms with Gasteiger partial charge in [-0.3, -0.25) is 4.72 Å². The van der Waals surface area contributed by atoms with Crippen molar-refractivity contribution in [3.05, 3.63) is 89.0 Å². The minimum Gasteiger partial charge on any atom is -0.493 e. The topological polar surface area (TPSA) is 76.7 Å². The minimum atomic E-state index is -3.74. The SMILES string of the molecule is COc1cccc([C@@H]2Nc3ccc(S(=O)(=O)Nc4c(C)cccc4C)cc3[C@H]3C=CC[C@@H]32)c1OC. The molecule has 3 aromatic carbocycles. The second-order valence-electron chi connectivity index (χ2n) is 9.18. The van der Waals surface area contributed by atoms with Crippen LogP contribution >= 0.6 is 0 Å². The summed E-state index contributed by atoms with van der Waals surface area (Å²) in [5.74, 6) is 1.74.